The molecule has 96 valence electrons. The molecule has 0 saturated heterocycles. The number of hydrogen-bond donors (Lipinski definition) is 2. The lowest BCUT2D eigenvalue weighted by molar-refractivity contribution is -0.121. The van der Waals surface area contributed by atoms with Gasteiger partial charge in [-0.25, -0.2) is 0 Å². The number of nitrogens with one attached hydrogen (secondary N) is 1. The molecule has 0 aromatic rings. The molecule has 0 aromatic heterocycles. The highest BCUT2D eigenvalue weighted by Crippen LogP contribution is 2.09. The normalized spacial score (nSPS) is 16.6. The van der Waals surface area contributed by atoms with Crippen LogP contribution in [0.2, 0.25) is 0 Å². The van der Waals surface area contributed by atoms with Crippen LogP contribution in [0.5, 0.6) is 0 Å². The first-order valence-corrected chi connectivity index (χ1v) is 6.50. The van der Waals surface area contributed by atoms with Crippen LogP contribution in [0.1, 0.15) is 59.8 Å². The molecule has 0 aliphatic carbocycles. The van der Waals surface area contributed by atoms with Crippen LogP contribution in [-0.2, 0) is 4.79 Å². The van der Waals surface area contributed by atoms with E-state index in [-0.39, 0.29) is 18.0 Å². The van der Waals surface area contributed by atoms with Crippen molar-refractivity contribution >= 4 is 5.91 Å². The van der Waals surface area contributed by atoms with Crippen LogP contribution >= 0.6 is 0 Å². The Hall–Kier alpha value is -0.570. The summed E-state index contributed by atoms with van der Waals surface area (Å²) in [5.74, 6) is 0.843. The second-order valence-corrected chi connectivity index (χ2v) is 5.09. The number of hydrogen-bond acceptors (Lipinski definition) is 2. The van der Waals surface area contributed by atoms with E-state index in [1.165, 1.54) is 6.42 Å². The van der Waals surface area contributed by atoms with E-state index < -0.39 is 0 Å². The lowest BCUT2D eigenvalue weighted by atomic mass is 10.0. The minimum atomic E-state index is 0.163. The van der Waals surface area contributed by atoms with E-state index in [9.17, 15) is 4.79 Å². The van der Waals surface area contributed by atoms with Gasteiger partial charge in [-0.2, -0.15) is 0 Å². The third-order valence-corrected chi connectivity index (χ3v) is 2.92. The monoisotopic (exact) mass is 228 g/mol. The molecule has 0 aliphatic heterocycles. The zero-order chi connectivity index (χ0) is 12.6. The van der Waals surface area contributed by atoms with E-state index in [1.54, 1.807) is 0 Å². The molecule has 0 saturated carbocycles. The van der Waals surface area contributed by atoms with Crippen LogP contribution < -0.4 is 11.1 Å². The van der Waals surface area contributed by atoms with Crippen molar-refractivity contribution in [2.75, 3.05) is 0 Å². The Labute approximate surface area is 100 Å². The van der Waals surface area contributed by atoms with Gasteiger partial charge in [0.15, 0.2) is 0 Å². The fourth-order valence-electron chi connectivity index (χ4n) is 1.76. The first kappa shape index (κ1) is 15.4. The van der Waals surface area contributed by atoms with Gasteiger partial charge in [0.1, 0.15) is 0 Å². The summed E-state index contributed by atoms with van der Waals surface area (Å²) in [7, 11) is 0. The highest BCUT2D eigenvalue weighted by molar-refractivity contribution is 5.76. The van der Waals surface area contributed by atoms with Crippen LogP contribution in [0.25, 0.3) is 0 Å². The summed E-state index contributed by atoms with van der Waals surface area (Å²) >= 11 is 0. The second kappa shape index (κ2) is 8.57. The van der Waals surface area contributed by atoms with Crippen LogP contribution in [0.3, 0.4) is 0 Å². The Morgan fingerprint density at radius 2 is 1.94 bits per heavy atom. The molecular formula is C13H28N2O. The topological polar surface area (TPSA) is 55.1 Å². The van der Waals surface area contributed by atoms with E-state index in [4.69, 9.17) is 5.73 Å². The number of carbonyl (C=O) groups excluding carboxylic acids is 1. The number of nitrogens with two attached hydrogens (primary N) is 1. The minimum Gasteiger partial charge on any atom is -0.354 e. The number of carbonyl (C=O) groups is 1. The standard InChI is InChI=1S/C13H28N2O/c1-5-10(2)9-12(4)15-13(16)8-6-7-11(3)14/h10-12H,5-9,14H2,1-4H3,(H,15,16). The summed E-state index contributed by atoms with van der Waals surface area (Å²) < 4.78 is 0. The van der Waals surface area contributed by atoms with Crippen LogP contribution in [-0.4, -0.2) is 18.0 Å². The summed E-state index contributed by atoms with van der Waals surface area (Å²) in [6.07, 6.45) is 4.65. The maximum absolute atomic E-state index is 11.6. The van der Waals surface area contributed by atoms with Crippen molar-refractivity contribution in [2.45, 2.75) is 71.9 Å². The molecule has 0 spiro atoms. The second-order valence-electron chi connectivity index (χ2n) is 5.09. The summed E-state index contributed by atoms with van der Waals surface area (Å²) in [5, 5.41) is 3.04. The van der Waals surface area contributed by atoms with Gasteiger partial charge < -0.3 is 11.1 Å². The van der Waals surface area contributed by atoms with Crippen LogP contribution in [0.4, 0.5) is 0 Å². The predicted molar refractivity (Wildman–Crippen MR) is 69.2 cm³/mol. The summed E-state index contributed by atoms with van der Waals surface area (Å²) in [5.41, 5.74) is 5.63. The molecule has 3 atom stereocenters. The fraction of sp³-hybridized carbons (Fsp3) is 0.923. The molecular weight excluding hydrogens is 200 g/mol. The van der Waals surface area contributed by atoms with E-state index in [1.807, 2.05) is 6.92 Å². The molecule has 3 heteroatoms. The van der Waals surface area contributed by atoms with Gasteiger partial charge in [0.25, 0.3) is 0 Å². The third kappa shape index (κ3) is 8.72. The van der Waals surface area contributed by atoms with Gasteiger partial charge in [0, 0.05) is 18.5 Å². The maximum Gasteiger partial charge on any atom is 0.220 e. The highest BCUT2D eigenvalue weighted by Gasteiger charge is 2.10. The number of rotatable bonds is 8. The van der Waals surface area contributed by atoms with E-state index in [2.05, 4.69) is 26.1 Å². The van der Waals surface area contributed by atoms with Gasteiger partial charge in [-0.05, 0) is 39.0 Å². The molecule has 0 fully saturated rings. The average molecular weight is 228 g/mol. The first-order chi connectivity index (χ1) is 7.45. The molecule has 16 heavy (non-hydrogen) atoms. The van der Waals surface area contributed by atoms with Gasteiger partial charge in [0.2, 0.25) is 5.91 Å². The SMILES string of the molecule is CCC(C)CC(C)NC(=O)CCCC(C)N. The first-order valence-electron chi connectivity index (χ1n) is 6.50. The third-order valence-electron chi connectivity index (χ3n) is 2.92. The van der Waals surface area contributed by atoms with Crippen LogP contribution in [0.15, 0.2) is 0 Å². The smallest absolute Gasteiger partial charge is 0.220 e. The van der Waals surface area contributed by atoms with Crippen molar-refractivity contribution in [3.63, 3.8) is 0 Å². The van der Waals surface area contributed by atoms with Crippen molar-refractivity contribution in [3.05, 3.63) is 0 Å². The van der Waals surface area contributed by atoms with Crippen molar-refractivity contribution in [1.29, 1.82) is 0 Å². The summed E-state index contributed by atoms with van der Waals surface area (Å²) in [6.45, 7) is 8.46. The van der Waals surface area contributed by atoms with Crippen LogP contribution in [0, 0.1) is 5.92 Å². The maximum atomic E-state index is 11.6. The largest absolute Gasteiger partial charge is 0.354 e. The Kier molecular flexibility index (Phi) is 8.26. The lowest BCUT2D eigenvalue weighted by Gasteiger charge is -2.17. The molecule has 3 unspecified atom stereocenters. The van der Waals surface area contributed by atoms with Gasteiger partial charge in [-0.1, -0.05) is 20.3 Å². The molecule has 0 radical (unpaired) electrons. The fourth-order valence-corrected chi connectivity index (χ4v) is 1.76. The lowest BCUT2D eigenvalue weighted by Crippen LogP contribution is -2.33. The summed E-state index contributed by atoms with van der Waals surface area (Å²) in [4.78, 5) is 11.6. The average Bonchev–Trinajstić information content (AvgIpc) is 2.16. The van der Waals surface area contributed by atoms with Crippen molar-refractivity contribution in [3.8, 4) is 0 Å². The van der Waals surface area contributed by atoms with Crippen molar-refractivity contribution in [2.24, 2.45) is 11.7 Å². The van der Waals surface area contributed by atoms with Gasteiger partial charge in [-0.15, -0.1) is 0 Å². The Morgan fingerprint density at radius 3 is 2.44 bits per heavy atom. The number of amides is 1. The quantitative estimate of drug-likeness (QED) is 0.670. The van der Waals surface area contributed by atoms with Crippen molar-refractivity contribution in [1.82, 2.24) is 5.32 Å². The van der Waals surface area contributed by atoms with Crippen molar-refractivity contribution < 1.29 is 4.79 Å². The molecule has 3 N–H and O–H groups in total. The Balaban J connectivity index is 3.62. The Morgan fingerprint density at radius 1 is 1.31 bits per heavy atom. The summed E-state index contributed by atoms with van der Waals surface area (Å²) in [6, 6.07) is 0.489. The van der Waals surface area contributed by atoms with E-state index in [0.717, 1.165) is 19.3 Å². The molecule has 0 aliphatic rings. The Bertz CT molecular complexity index is 192. The minimum absolute atomic E-state index is 0.163. The highest BCUT2D eigenvalue weighted by atomic mass is 16.1. The molecule has 3 nitrogen and oxygen atoms in total. The zero-order valence-corrected chi connectivity index (χ0v) is 11.3. The molecule has 0 aromatic carbocycles. The van der Waals surface area contributed by atoms with E-state index >= 15 is 0 Å². The van der Waals surface area contributed by atoms with E-state index in [0.29, 0.717) is 12.3 Å². The molecule has 0 bridgehead atoms. The molecule has 1 amide bonds. The zero-order valence-electron chi connectivity index (χ0n) is 11.3. The molecule has 0 rings (SSSR count). The van der Waals surface area contributed by atoms with Gasteiger partial charge >= 0.3 is 0 Å². The predicted octanol–water partition coefficient (Wildman–Crippen LogP) is 2.44. The molecule has 0 heterocycles. The van der Waals surface area contributed by atoms with Gasteiger partial charge in [0.05, 0.1) is 0 Å². The van der Waals surface area contributed by atoms with Gasteiger partial charge in [-0.3, -0.25) is 4.79 Å².